The quantitative estimate of drug-likeness (QED) is 0.387. The number of benzene rings is 2. The molecule has 33 heavy (non-hydrogen) atoms. The summed E-state index contributed by atoms with van der Waals surface area (Å²) in [5.74, 6) is -1.32. The zero-order chi connectivity index (χ0) is 24.0. The van der Waals surface area contributed by atoms with Crippen LogP contribution in [-0.4, -0.2) is 48.7 Å². The van der Waals surface area contributed by atoms with Gasteiger partial charge in [-0.05, 0) is 58.1 Å². The first kappa shape index (κ1) is 25.1. The van der Waals surface area contributed by atoms with E-state index in [1.54, 1.807) is 6.07 Å². The summed E-state index contributed by atoms with van der Waals surface area (Å²) in [5.41, 5.74) is 0.786. The lowest BCUT2D eigenvalue weighted by atomic mass is 9.92. The van der Waals surface area contributed by atoms with Crippen molar-refractivity contribution in [2.45, 2.75) is 38.4 Å². The summed E-state index contributed by atoms with van der Waals surface area (Å²) >= 11 is 9.51. The average Bonchev–Trinajstić information content (AvgIpc) is 2.81. The maximum absolute atomic E-state index is 12.8. The summed E-state index contributed by atoms with van der Waals surface area (Å²) < 4.78 is 16.7. The minimum absolute atomic E-state index is 0.0734. The molecular formula is C24H25BrClNO6. The monoisotopic (exact) mass is 537 g/mol. The Morgan fingerprint density at radius 3 is 2.61 bits per heavy atom. The van der Waals surface area contributed by atoms with Gasteiger partial charge in [-0.3, -0.25) is 4.79 Å². The highest BCUT2D eigenvalue weighted by Gasteiger charge is 2.48. The van der Waals surface area contributed by atoms with Gasteiger partial charge in [-0.1, -0.05) is 41.9 Å². The summed E-state index contributed by atoms with van der Waals surface area (Å²) in [4.78, 5) is 39.5. The lowest BCUT2D eigenvalue weighted by Gasteiger charge is -2.39. The van der Waals surface area contributed by atoms with Crippen molar-refractivity contribution in [2.75, 3.05) is 20.2 Å². The maximum atomic E-state index is 12.8. The number of carbonyl (C=O) groups is 3. The second-order valence-corrected chi connectivity index (χ2v) is 9.16. The van der Waals surface area contributed by atoms with Crippen molar-refractivity contribution < 1.29 is 28.6 Å². The van der Waals surface area contributed by atoms with E-state index in [1.165, 1.54) is 12.0 Å². The van der Waals surface area contributed by atoms with Crippen molar-refractivity contribution >= 4 is 45.6 Å². The van der Waals surface area contributed by atoms with Crippen molar-refractivity contribution in [2.24, 2.45) is 0 Å². The van der Waals surface area contributed by atoms with Gasteiger partial charge in [0.2, 0.25) is 5.60 Å². The number of carbonyl (C=O) groups excluding carboxylic acids is 3. The third-order valence-electron chi connectivity index (χ3n) is 5.50. The van der Waals surface area contributed by atoms with Crippen LogP contribution >= 0.6 is 27.5 Å². The summed E-state index contributed by atoms with van der Waals surface area (Å²) in [6, 6.07) is 12.8. The van der Waals surface area contributed by atoms with Gasteiger partial charge in [0.15, 0.2) is 0 Å². The predicted octanol–water partition coefficient (Wildman–Crippen LogP) is 4.84. The van der Waals surface area contributed by atoms with Gasteiger partial charge in [-0.2, -0.15) is 0 Å². The van der Waals surface area contributed by atoms with Gasteiger partial charge in [0.25, 0.3) is 0 Å². The molecule has 3 rings (SSSR count). The fourth-order valence-electron chi connectivity index (χ4n) is 3.75. The topological polar surface area (TPSA) is 82.1 Å². The highest BCUT2D eigenvalue weighted by atomic mass is 79.9. The van der Waals surface area contributed by atoms with Crippen LogP contribution in [0.4, 0.5) is 4.79 Å². The Morgan fingerprint density at radius 1 is 1.18 bits per heavy atom. The minimum atomic E-state index is -1.59. The molecule has 176 valence electrons. The molecular weight excluding hydrogens is 514 g/mol. The molecule has 0 spiro atoms. The Labute approximate surface area is 206 Å². The van der Waals surface area contributed by atoms with E-state index >= 15 is 0 Å². The number of likely N-dealkylation sites (tertiary alicyclic amines) is 1. The Morgan fingerprint density at radius 2 is 1.91 bits per heavy atom. The molecule has 1 amide bonds. The number of nitrogens with zero attached hydrogens (tertiary/aromatic N) is 1. The van der Waals surface area contributed by atoms with Crippen LogP contribution in [0.25, 0.3) is 0 Å². The van der Waals surface area contributed by atoms with E-state index in [4.69, 9.17) is 25.8 Å². The molecule has 1 aliphatic heterocycles. The van der Waals surface area contributed by atoms with Crippen LogP contribution in [0, 0.1) is 6.92 Å². The number of methoxy groups -OCH3 is 1. The molecule has 0 radical (unpaired) electrons. The van der Waals surface area contributed by atoms with Crippen LogP contribution in [0.3, 0.4) is 0 Å². The van der Waals surface area contributed by atoms with Crippen molar-refractivity contribution in [3.8, 4) is 0 Å². The van der Waals surface area contributed by atoms with Crippen molar-refractivity contribution in [1.29, 1.82) is 0 Å². The number of esters is 2. The number of halogens is 2. The molecule has 0 bridgehead atoms. The molecule has 2 aromatic rings. The zero-order valence-electron chi connectivity index (χ0n) is 18.4. The first-order valence-electron chi connectivity index (χ1n) is 10.4. The molecule has 1 unspecified atom stereocenters. The van der Waals surface area contributed by atoms with Gasteiger partial charge in [0.05, 0.1) is 25.1 Å². The second kappa shape index (κ2) is 11.0. The molecule has 1 fully saturated rings. The van der Waals surface area contributed by atoms with E-state index in [9.17, 15) is 14.4 Å². The van der Waals surface area contributed by atoms with Gasteiger partial charge in [-0.25, -0.2) is 9.59 Å². The normalized spacial score (nSPS) is 17.9. The highest BCUT2D eigenvalue weighted by molar-refractivity contribution is 9.10. The number of aryl methyl sites for hydroxylation is 1. The van der Waals surface area contributed by atoms with Crippen LogP contribution < -0.4 is 0 Å². The summed E-state index contributed by atoms with van der Waals surface area (Å²) in [6.07, 6.45) is 0.0362. The van der Waals surface area contributed by atoms with E-state index in [1.807, 2.05) is 43.3 Å². The molecule has 9 heteroatoms. The lowest BCUT2D eigenvalue weighted by Crippen LogP contribution is -2.57. The standard InChI is InChI=1S/C24H25BrClNO6/c1-16-11-19(25)20(26)12-18(16)13-21(28)33-24(22(29)31-2)9-6-10-27(15-24)23(30)32-14-17-7-4-3-5-8-17/h3-5,7-8,11-12H,6,9-10,13-15H2,1-2H3. The fraction of sp³-hybridized carbons (Fsp3) is 0.375. The van der Waals surface area contributed by atoms with Gasteiger partial charge in [0.1, 0.15) is 6.61 Å². The summed E-state index contributed by atoms with van der Waals surface area (Å²) in [6.45, 7) is 2.19. The molecule has 1 saturated heterocycles. The number of piperidine rings is 1. The predicted molar refractivity (Wildman–Crippen MR) is 126 cm³/mol. The van der Waals surface area contributed by atoms with Crippen LogP contribution in [0.15, 0.2) is 46.9 Å². The van der Waals surface area contributed by atoms with E-state index in [-0.39, 0.29) is 26.0 Å². The van der Waals surface area contributed by atoms with Gasteiger partial charge >= 0.3 is 18.0 Å². The van der Waals surface area contributed by atoms with Crippen LogP contribution in [0.2, 0.25) is 5.02 Å². The smallest absolute Gasteiger partial charge is 0.410 e. The lowest BCUT2D eigenvalue weighted by molar-refractivity contribution is -0.186. The Hall–Kier alpha value is -2.58. The Bertz CT molecular complexity index is 1030. The molecule has 1 aliphatic rings. The SMILES string of the molecule is COC(=O)C1(OC(=O)Cc2cc(Cl)c(Br)cc2C)CCCN(C(=O)OCc2ccccc2)C1. The first-order valence-corrected chi connectivity index (χ1v) is 11.6. The molecule has 0 aliphatic carbocycles. The number of ether oxygens (including phenoxy) is 3. The number of rotatable bonds is 6. The molecule has 2 aromatic carbocycles. The van der Waals surface area contributed by atoms with E-state index in [0.29, 0.717) is 23.6 Å². The van der Waals surface area contributed by atoms with Crippen molar-refractivity contribution in [3.63, 3.8) is 0 Å². The highest BCUT2D eigenvalue weighted by Crippen LogP contribution is 2.30. The summed E-state index contributed by atoms with van der Waals surface area (Å²) in [7, 11) is 1.23. The molecule has 0 N–H and O–H groups in total. The molecule has 0 saturated carbocycles. The van der Waals surface area contributed by atoms with Gasteiger partial charge in [-0.15, -0.1) is 0 Å². The van der Waals surface area contributed by atoms with Gasteiger partial charge < -0.3 is 19.1 Å². The third-order valence-corrected chi connectivity index (χ3v) is 6.70. The molecule has 7 nitrogen and oxygen atoms in total. The number of hydrogen-bond acceptors (Lipinski definition) is 6. The van der Waals surface area contributed by atoms with E-state index in [0.717, 1.165) is 15.6 Å². The summed E-state index contributed by atoms with van der Waals surface area (Å²) in [5, 5.41) is 0.469. The average molecular weight is 539 g/mol. The minimum Gasteiger partial charge on any atom is -0.466 e. The van der Waals surface area contributed by atoms with E-state index < -0.39 is 23.6 Å². The van der Waals surface area contributed by atoms with E-state index in [2.05, 4.69) is 15.9 Å². The van der Waals surface area contributed by atoms with Crippen LogP contribution in [0.1, 0.15) is 29.5 Å². The fourth-order valence-corrected chi connectivity index (χ4v) is 4.40. The van der Waals surface area contributed by atoms with Crippen molar-refractivity contribution in [3.05, 3.63) is 68.7 Å². The largest absolute Gasteiger partial charge is 0.466 e. The maximum Gasteiger partial charge on any atom is 0.410 e. The first-order chi connectivity index (χ1) is 15.7. The second-order valence-electron chi connectivity index (χ2n) is 7.89. The molecule has 1 atom stereocenters. The third kappa shape index (κ3) is 6.26. The number of amides is 1. The van der Waals surface area contributed by atoms with Crippen molar-refractivity contribution in [1.82, 2.24) is 4.90 Å². The molecule has 0 aromatic heterocycles. The van der Waals surface area contributed by atoms with Gasteiger partial charge in [0, 0.05) is 17.4 Å². The molecule has 1 heterocycles. The van der Waals surface area contributed by atoms with Crippen LogP contribution in [-0.2, 0) is 36.8 Å². The number of hydrogen-bond donors (Lipinski definition) is 0. The zero-order valence-corrected chi connectivity index (χ0v) is 20.8. The Balaban J connectivity index is 1.70. The Kier molecular flexibility index (Phi) is 8.37. The van der Waals surface area contributed by atoms with Crippen LogP contribution in [0.5, 0.6) is 0 Å².